The van der Waals surface area contributed by atoms with E-state index in [0.29, 0.717) is 0 Å². The summed E-state index contributed by atoms with van der Waals surface area (Å²) in [4.78, 5) is 3.99. The zero-order valence-corrected chi connectivity index (χ0v) is 14.0. The Morgan fingerprint density at radius 2 is 2.00 bits per heavy atom. The van der Waals surface area contributed by atoms with E-state index in [-0.39, 0.29) is 42.0 Å². The number of nitrogens with one attached hydrogen (secondary N) is 1. The minimum absolute atomic E-state index is 0. The van der Waals surface area contributed by atoms with E-state index in [0.717, 1.165) is 37.6 Å². The number of nitrogens with zero attached hydrogens (tertiary/aromatic N) is 1. The summed E-state index contributed by atoms with van der Waals surface area (Å²) in [6.07, 6.45) is 4.56. The van der Waals surface area contributed by atoms with Gasteiger partial charge in [-0.2, -0.15) is 0 Å². The molecule has 0 radical (unpaired) electrons. The Bertz CT molecular complexity index is 425. The first-order valence-corrected chi connectivity index (χ1v) is 6.61. The van der Waals surface area contributed by atoms with Crippen molar-refractivity contribution in [1.82, 2.24) is 5.32 Å². The van der Waals surface area contributed by atoms with Crippen LogP contribution in [0.25, 0.3) is 0 Å². The average Bonchev–Trinajstić information content (AvgIpc) is 2.39. The number of hydrogen-bond acceptors (Lipinski definition) is 1. The highest BCUT2D eigenvalue weighted by Crippen LogP contribution is 2.10. The van der Waals surface area contributed by atoms with E-state index in [1.54, 1.807) is 0 Å². The van der Waals surface area contributed by atoms with Crippen LogP contribution >= 0.6 is 24.0 Å². The monoisotopic (exact) mass is 397 g/mol. The summed E-state index contributed by atoms with van der Waals surface area (Å²) in [5, 5.41) is 2.96. The van der Waals surface area contributed by atoms with E-state index in [2.05, 4.69) is 17.2 Å². The van der Waals surface area contributed by atoms with Crippen LogP contribution in [0.4, 0.5) is 8.78 Å². The van der Waals surface area contributed by atoms with Crippen LogP contribution < -0.4 is 11.1 Å². The summed E-state index contributed by atoms with van der Waals surface area (Å²) in [5.74, 6) is -0.682. The van der Waals surface area contributed by atoms with Crippen molar-refractivity contribution in [3.63, 3.8) is 0 Å². The van der Waals surface area contributed by atoms with Crippen molar-refractivity contribution in [2.75, 3.05) is 6.54 Å². The topological polar surface area (TPSA) is 50.4 Å². The maximum absolute atomic E-state index is 13.3. The van der Waals surface area contributed by atoms with Crippen LogP contribution in [0.2, 0.25) is 0 Å². The van der Waals surface area contributed by atoms with Crippen LogP contribution in [-0.2, 0) is 6.54 Å². The normalized spacial score (nSPS) is 11.1. The van der Waals surface area contributed by atoms with Gasteiger partial charge >= 0.3 is 0 Å². The van der Waals surface area contributed by atoms with Gasteiger partial charge in [-0.15, -0.1) is 24.0 Å². The summed E-state index contributed by atoms with van der Waals surface area (Å²) >= 11 is 0. The minimum atomic E-state index is -0.474. The third-order valence-corrected chi connectivity index (χ3v) is 2.76. The lowest BCUT2D eigenvalue weighted by Gasteiger charge is -2.05. The summed E-state index contributed by atoms with van der Waals surface area (Å²) < 4.78 is 26.2. The molecule has 0 saturated carbocycles. The van der Waals surface area contributed by atoms with Gasteiger partial charge in [-0.3, -0.25) is 0 Å². The molecule has 0 aromatic heterocycles. The molecule has 0 amide bonds. The third-order valence-electron chi connectivity index (χ3n) is 2.76. The van der Waals surface area contributed by atoms with Gasteiger partial charge < -0.3 is 11.1 Å². The fourth-order valence-corrected chi connectivity index (χ4v) is 1.66. The number of nitrogens with two attached hydrogens (primary N) is 1. The van der Waals surface area contributed by atoms with Crippen LogP contribution in [-0.4, -0.2) is 12.5 Å². The standard InChI is InChI=1S/C14H21F2N3.HI/c1-2-3-4-5-8-18-14(17)19-10-11-9-12(15)6-7-13(11)16;/h6-7,9H,2-5,8,10H2,1H3,(H3,17,18,19);1H. The quantitative estimate of drug-likeness (QED) is 0.320. The number of unbranched alkanes of at least 4 members (excludes halogenated alkanes) is 3. The highest BCUT2D eigenvalue weighted by Gasteiger charge is 2.03. The number of halogens is 3. The summed E-state index contributed by atoms with van der Waals surface area (Å²) in [6.45, 7) is 2.94. The van der Waals surface area contributed by atoms with Gasteiger partial charge in [-0.05, 0) is 24.6 Å². The van der Waals surface area contributed by atoms with Crippen molar-refractivity contribution < 1.29 is 8.78 Å². The molecule has 6 heteroatoms. The van der Waals surface area contributed by atoms with Gasteiger partial charge in [0.2, 0.25) is 0 Å². The van der Waals surface area contributed by atoms with Crippen molar-refractivity contribution in [2.45, 2.75) is 39.2 Å². The van der Waals surface area contributed by atoms with Crippen LogP contribution in [0.15, 0.2) is 23.2 Å². The molecule has 0 spiro atoms. The van der Waals surface area contributed by atoms with Gasteiger partial charge in [0.05, 0.1) is 6.54 Å². The Labute approximate surface area is 136 Å². The first-order valence-electron chi connectivity index (χ1n) is 6.61. The molecule has 1 aromatic rings. The lowest BCUT2D eigenvalue weighted by Crippen LogP contribution is -2.32. The third kappa shape index (κ3) is 7.62. The van der Waals surface area contributed by atoms with Crippen LogP contribution in [0.3, 0.4) is 0 Å². The van der Waals surface area contributed by atoms with E-state index in [9.17, 15) is 8.78 Å². The van der Waals surface area contributed by atoms with E-state index in [4.69, 9.17) is 5.73 Å². The Morgan fingerprint density at radius 3 is 2.70 bits per heavy atom. The zero-order chi connectivity index (χ0) is 14.1. The lowest BCUT2D eigenvalue weighted by atomic mass is 10.2. The smallest absolute Gasteiger partial charge is 0.188 e. The second kappa shape index (κ2) is 10.8. The highest BCUT2D eigenvalue weighted by atomic mass is 127. The maximum atomic E-state index is 13.3. The number of benzene rings is 1. The zero-order valence-electron chi connectivity index (χ0n) is 11.7. The van der Waals surface area contributed by atoms with E-state index < -0.39 is 11.6 Å². The first-order chi connectivity index (χ1) is 9.13. The molecule has 1 rings (SSSR count). The molecule has 0 atom stereocenters. The second-order valence-electron chi connectivity index (χ2n) is 4.42. The highest BCUT2D eigenvalue weighted by molar-refractivity contribution is 14.0. The predicted octanol–water partition coefficient (Wildman–Crippen LogP) is 3.57. The second-order valence-corrected chi connectivity index (χ2v) is 4.42. The molecule has 20 heavy (non-hydrogen) atoms. The summed E-state index contributed by atoms with van der Waals surface area (Å²) in [7, 11) is 0. The lowest BCUT2D eigenvalue weighted by molar-refractivity contribution is 0.585. The average molecular weight is 397 g/mol. The van der Waals surface area contributed by atoms with E-state index >= 15 is 0 Å². The largest absolute Gasteiger partial charge is 0.370 e. The Balaban J connectivity index is 0.00000361. The van der Waals surface area contributed by atoms with Gasteiger partial charge in [0.15, 0.2) is 5.96 Å². The SMILES string of the molecule is CCCCCCNC(N)=NCc1cc(F)ccc1F.I. The van der Waals surface area contributed by atoms with Crippen molar-refractivity contribution in [3.8, 4) is 0 Å². The predicted molar refractivity (Wildman–Crippen MR) is 89.2 cm³/mol. The number of aliphatic imine (C=N–C) groups is 1. The van der Waals surface area contributed by atoms with E-state index in [1.165, 1.54) is 12.8 Å². The number of guanidine groups is 1. The molecule has 0 unspecified atom stereocenters. The molecule has 0 aliphatic rings. The molecule has 3 N–H and O–H groups in total. The first kappa shape index (κ1) is 19.1. The number of hydrogen-bond donors (Lipinski definition) is 2. The van der Waals surface area contributed by atoms with E-state index in [1.807, 2.05) is 0 Å². The fraction of sp³-hybridized carbons (Fsp3) is 0.500. The molecule has 0 aliphatic carbocycles. The van der Waals surface area contributed by atoms with Gasteiger partial charge in [0, 0.05) is 12.1 Å². The van der Waals surface area contributed by atoms with Gasteiger partial charge in [-0.1, -0.05) is 26.2 Å². The van der Waals surface area contributed by atoms with Gasteiger partial charge in [0.25, 0.3) is 0 Å². The molecule has 0 saturated heterocycles. The van der Waals surface area contributed by atoms with Gasteiger partial charge in [-0.25, -0.2) is 13.8 Å². The molecular weight excluding hydrogens is 375 g/mol. The molecule has 0 heterocycles. The summed E-state index contributed by atoms with van der Waals surface area (Å²) in [5.41, 5.74) is 5.85. The molecule has 0 aliphatic heterocycles. The molecule has 1 aromatic carbocycles. The van der Waals surface area contributed by atoms with Crippen molar-refractivity contribution in [2.24, 2.45) is 10.7 Å². The van der Waals surface area contributed by atoms with Crippen LogP contribution in [0.5, 0.6) is 0 Å². The van der Waals surface area contributed by atoms with Gasteiger partial charge in [0.1, 0.15) is 11.6 Å². The molecule has 3 nitrogen and oxygen atoms in total. The van der Waals surface area contributed by atoms with Crippen molar-refractivity contribution >= 4 is 29.9 Å². The summed E-state index contributed by atoms with van der Waals surface area (Å²) in [6, 6.07) is 3.31. The van der Waals surface area contributed by atoms with Crippen molar-refractivity contribution in [1.29, 1.82) is 0 Å². The molecule has 114 valence electrons. The van der Waals surface area contributed by atoms with Crippen LogP contribution in [0, 0.1) is 11.6 Å². The minimum Gasteiger partial charge on any atom is -0.370 e. The Hall–Kier alpha value is -0.920. The van der Waals surface area contributed by atoms with Crippen LogP contribution in [0.1, 0.15) is 38.2 Å². The molecule has 0 bridgehead atoms. The Kier molecular flexibility index (Phi) is 10.3. The Morgan fingerprint density at radius 1 is 1.25 bits per heavy atom. The molecular formula is C14H22F2IN3. The maximum Gasteiger partial charge on any atom is 0.188 e. The van der Waals surface area contributed by atoms with Crippen molar-refractivity contribution in [3.05, 3.63) is 35.4 Å². The number of rotatable bonds is 7. The molecule has 0 fully saturated rings. The fourth-order valence-electron chi connectivity index (χ4n) is 1.66.